The molecule has 2 aromatic rings. The van der Waals surface area contributed by atoms with E-state index in [2.05, 4.69) is 9.88 Å². The van der Waals surface area contributed by atoms with E-state index in [0.29, 0.717) is 49.4 Å². The third kappa shape index (κ3) is 5.30. The van der Waals surface area contributed by atoms with Gasteiger partial charge in [0, 0.05) is 18.5 Å². The lowest BCUT2D eigenvalue weighted by Crippen LogP contribution is -2.38. The van der Waals surface area contributed by atoms with E-state index in [0.717, 1.165) is 5.69 Å². The van der Waals surface area contributed by atoms with Crippen LogP contribution in [0.15, 0.2) is 36.5 Å². The molecular formula is C20H25FN4O3S. The molecule has 29 heavy (non-hydrogen) atoms. The monoisotopic (exact) mass is 420 g/mol. The third-order valence-corrected chi connectivity index (χ3v) is 6.80. The summed E-state index contributed by atoms with van der Waals surface area (Å²) >= 11 is 0. The fourth-order valence-corrected chi connectivity index (χ4v) is 4.67. The molecule has 2 heterocycles. The highest BCUT2D eigenvalue weighted by Gasteiger charge is 2.27. The van der Waals surface area contributed by atoms with Crippen LogP contribution in [0.3, 0.4) is 0 Å². The number of rotatable bonds is 5. The second-order valence-electron chi connectivity index (χ2n) is 7.45. The molecule has 0 unspecified atom stereocenters. The molecule has 2 N–H and O–H groups in total. The number of benzene rings is 1. The largest absolute Gasteiger partial charge is 0.351 e. The lowest BCUT2D eigenvalue weighted by molar-refractivity contribution is 0.222. The van der Waals surface area contributed by atoms with Crippen molar-refractivity contribution in [2.45, 2.75) is 31.6 Å². The van der Waals surface area contributed by atoms with Crippen LogP contribution in [0.25, 0.3) is 0 Å². The second kappa shape index (κ2) is 8.46. The molecule has 0 aliphatic carbocycles. The van der Waals surface area contributed by atoms with Gasteiger partial charge in [-0.05, 0) is 68.8 Å². The Morgan fingerprint density at radius 1 is 1.24 bits per heavy atom. The number of urea groups is 1. The molecule has 1 aliphatic heterocycles. The number of sulfone groups is 1. The summed E-state index contributed by atoms with van der Waals surface area (Å²) in [5.74, 6) is -0.477. The van der Waals surface area contributed by atoms with Crippen molar-refractivity contribution in [1.29, 1.82) is 0 Å². The summed E-state index contributed by atoms with van der Waals surface area (Å²) in [5.41, 5.74) is 7.80. The van der Waals surface area contributed by atoms with Crippen LogP contribution in [0.4, 0.5) is 20.6 Å². The highest BCUT2D eigenvalue weighted by Crippen LogP contribution is 2.28. The molecule has 0 atom stereocenters. The number of nitrogens with zero attached hydrogens (tertiary/aromatic N) is 3. The fraction of sp³-hybridized carbons (Fsp3) is 0.400. The molecule has 1 saturated heterocycles. The minimum atomic E-state index is -3.04. The number of nitrogens with two attached hydrogens (primary N) is 1. The quantitative estimate of drug-likeness (QED) is 0.802. The Labute approximate surface area is 170 Å². The van der Waals surface area contributed by atoms with E-state index in [1.54, 1.807) is 18.2 Å². The number of hydrogen-bond donors (Lipinski definition) is 1. The Morgan fingerprint density at radius 2 is 1.93 bits per heavy atom. The highest BCUT2D eigenvalue weighted by molar-refractivity contribution is 7.91. The van der Waals surface area contributed by atoms with Crippen LogP contribution >= 0.6 is 0 Å². The Hall–Kier alpha value is -2.52. The number of pyridine rings is 1. The van der Waals surface area contributed by atoms with Gasteiger partial charge in [-0.25, -0.2) is 17.6 Å². The number of likely N-dealkylation sites (tertiary alicyclic amines) is 1. The predicted molar refractivity (Wildman–Crippen MR) is 110 cm³/mol. The number of primary amides is 1. The first kappa shape index (κ1) is 21.2. The van der Waals surface area contributed by atoms with Crippen LogP contribution < -0.4 is 10.6 Å². The van der Waals surface area contributed by atoms with Crippen LogP contribution in [-0.4, -0.2) is 48.9 Å². The summed E-state index contributed by atoms with van der Waals surface area (Å²) in [6.45, 7) is 3.52. The number of carbonyl (C=O) groups excluding carboxylic acids is 1. The molecule has 1 aromatic heterocycles. The van der Waals surface area contributed by atoms with Gasteiger partial charge in [-0.15, -0.1) is 0 Å². The molecule has 0 spiro atoms. The highest BCUT2D eigenvalue weighted by atomic mass is 32.2. The summed E-state index contributed by atoms with van der Waals surface area (Å²) in [7, 11) is -3.04. The average Bonchev–Trinajstić information content (AvgIpc) is 2.62. The number of amides is 2. The van der Waals surface area contributed by atoms with Crippen LogP contribution in [0.1, 0.15) is 24.1 Å². The van der Waals surface area contributed by atoms with Crippen molar-refractivity contribution in [2.75, 3.05) is 24.2 Å². The smallest absolute Gasteiger partial charge is 0.323 e. The number of anilines is 2. The Morgan fingerprint density at radius 3 is 2.48 bits per heavy atom. The first-order chi connectivity index (χ1) is 13.6. The molecule has 3 rings (SSSR count). The molecular weight excluding hydrogens is 395 g/mol. The van der Waals surface area contributed by atoms with Crippen molar-refractivity contribution in [3.05, 3.63) is 53.6 Å². The topological polar surface area (TPSA) is 96.6 Å². The average molecular weight is 421 g/mol. The van der Waals surface area contributed by atoms with Crippen molar-refractivity contribution in [1.82, 2.24) is 9.88 Å². The summed E-state index contributed by atoms with van der Waals surface area (Å²) in [4.78, 5) is 19.5. The molecule has 0 radical (unpaired) electrons. The van der Waals surface area contributed by atoms with Crippen molar-refractivity contribution in [3.8, 4) is 0 Å². The molecule has 9 heteroatoms. The number of piperidine rings is 1. The molecule has 1 fully saturated rings. The fourth-order valence-electron chi connectivity index (χ4n) is 3.60. The normalized spacial score (nSPS) is 16.0. The Bertz CT molecular complexity index is 987. The van der Waals surface area contributed by atoms with E-state index in [4.69, 9.17) is 5.73 Å². The van der Waals surface area contributed by atoms with E-state index in [1.165, 1.54) is 29.5 Å². The molecule has 2 amide bonds. The maximum absolute atomic E-state index is 14.3. The maximum atomic E-state index is 14.3. The maximum Gasteiger partial charge on any atom is 0.323 e. The molecule has 1 aromatic carbocycles. The van der Waals surface area contributed by atoms with E-state index in [1.807, 2.05) is 6.92 Å². The van der Waals surface area contributed by atoms with E-state index < -0.39 is 21.7 Å². The van der Waals surface area contributed by atoms with Gasteiger partial charge in [-0.3, -0.25) is 14.8 Å². The molecule has 7 nitrogen and oxygen atoms in total. The van der Waals surface area contributed by atoms with E-state index >= 15 is 0 Å². The first-order valence-electron chi connectivity index (χ1n) is 9.36. The lowest BCUT2D eigenvalue weighted by Gasteiger charge is -2.31. The van der Waals surface area contributed by atoms with Gasteiger partial charge in [0.15, 0.2) is 0 Å². The number of aryl methyl sites for hydroxylation is 1. The van der Waals surface area contributed by atoms with Crippen molar-refractivity contribution in [3.63, 3.8) is 0 Å². The van der Waals surface area contributed by atoms with Gasteiger partial charge >= 0.3 is 6.03 Å². The molecule has 0 saturated carbocycles. The van der Waals surface area contributed by atoms with Gasteiger partial charge in [-0.1, -0.05) is 0 Å². The van der Waals surface area contributed by atoms with Gasteiger partial charge in [0.1, 0.15) is 15.7 Å². The Balaban J connectivity index is 1.80. The summed E-state index contributed by atoms with van der Waals surface area (Å²) in [5, 5.41) is -0.318. The summed E-state index contributed by atoms with van der Waals surface area (Å²) in [6.07, 6.45) is 3.90. The zero-order chi connectivity index (χ0) is 21.2. The van der Waals surface area contributed by atoms with Crippen molar-refractivity contribution >= 4 is 27.2 Å². The van der Waals surface area contributed by atoms with Gasteiger partial charge in [0.25, 0.3) is 0 Å². The lowest BCUT2D eigenvalue weighted by atomic mass is 10.1. The third-order valence-electron chi connectivity index (χ3n) is 5.12. The van der Waals surface area contributed by atoms with Crippen LogP contribution in [-0.2, 0) is 16.4 Å². The zero-order valence-corrected chi connectivity index (χ0v) is 17.3. The standard InChI is InChI=1S/C20H25FN4O3S/c1-14-3-4-17(12-23-14)25(20(22)26)18-10-15(9-16(21)11-18)13-24-7-5-19(6-8-24)29(2,27)28/h3-4,9-12,19H,5-8,13H2,1-2H3,(H2,22,26). The number of hydrogen-bond acceptors (Lipinski definition) is 5. The molecule has 0 bridgehead atoms. The summed E-state index contributed by atoms with van der Waals surface area (Å²) < 4.78 is 37.7. The number of halogens is 1. The van der Waals surface area contributed by atoms with Crippen LogP contribution in [0, 0.1) is 12.7 Å². The SMILES string of the molecule is Cc1ccc(N(C(N)=O)c2cc(F)cc(CN3CCC(S(C)(=O)=O)CC3)c2)cn1. The number of aromatic nitrogens is 1. The summed E-state index contributed by atoms with van der Waals surface area (Å²) in [6, 6.07) is 7.10. The van der Waals surface area contributed by atoms with E-state index in [-0.39, 0.29) is 5.25 Å². The minimum absolute atomic E-state index is 0.318. The van der Waals surface area contributed by atoms with Crippen molar-refractivity contribution in [2.24, 2.45) is 5.73 Å². The second-order valence-corrected chi connectivity index (χ2v) is 9.78. The van der Waals surface area contributed by atoms with E-state index in [9.17, 15) is 17.6 Å². The van der Waals surface area contributed by atoms with Crippen LogP contribution in [0.5, 0.6) is 0 Å². The van der Waals surface area contributed by atoms with Gasteiger partial charge in [0.05, 0.1) is 22.8 Å². The van der Waals surface area contributed by atoms with Gasteiger partial charge in [-0.2, -0.15) is 0 Å². The number of carbonyl (C=O) groups is 1. The first-order valence-corrected chi connectivity index (χ1v) is 11.3. The van der Waals surface area contributed by atoms with Crippen molar-refractivity contribution < 1.29 is 17.6 Å². The van der Waals surface area contributed by atoms with Crippen LogP contribution in [0.2, 0.25) is 0 Å². The Kier molecular flexibility index (Phi) is 6.18. The van der Waals surface area contributed by atoms with Gasteiger partial charge in [0.2, 0.25) is 0 Å². The minimum Gasteiger partial charge on any atom is -0.351 e. The predicted octanol–water partition coefficient (Wildman–Crippen LogP) is 2.75. The van der Waals surface area contributed by atoms with Gasteiger partial charge < -0.3 is 5.73 Å². The molecule has 156 valence electrons. The molecule has 1 aliphatic rings. The zero-order valence-electron chi connectivity index (χ0n) is 16.5.